The van der Waals surface area contributed by atoms with E-state index >= 15 is 0 Å². The molecule has 1 saturated heterocycles. The zero-order chi connectivity index (χ0) is 9.97. The Morgan fingerprint density at radius 3 is 2.64 bits per heavy atom. The van der Waals surface area contributed by atoms with Crippen molar-refractivity contribution in [3.63, 3.8) is 0 Å². The summed E-state index contributed by atoms with van der Waals surface area (Å²) in [6.07, 6.45) is 3.45. The zero-order valence-corrected chi connectivity index (χ0v) is 8.06. The van der Waals surface area contributed by atoms with Gasteiger partial charge in [-0.2, -0.15) is 0 Å². The highest BCUT2D eigenvalue weighted by Crippen LogP contribution is 2.21. The lowest BCUT2D eigenvalue weighted by Gasteiger charge is -2.22. The Morgan fingerprint density at radius 1 is 1.36 bits per heavy atom. The molecule has 2 heterocycles. The molecule has 4 nitrogen and oxygen atoms in total. The van der Waals surface area contributed by atoms with Crippen LogP contribution in [-0.2, 0) is 0 Å². The van der Waals surface area contributed by atoms with Gasteiger partial charge in [0.1, 0.15) is 12.0 Å². The molecule has 0 radical (unpaired) electrons. The Hall–Kier alpha value is -1.13. The predicted molar refractivity (Wildman–Crippen MR) is 54.4 cm³/mol. The maximum Gasteiger partial charge on any atom is 0.135 e. The first-order valence-electron chi connectivity index (χ1n) is 4.91. The van der Waals surface area contributed by atoms with Crippen molar-refractivity contribution in [1.29, 1.82) is 0 Å². The van der Waals surface area contributed by atoms with Crippen LogP contribution in [0.3, 0.4) is 0 Å². The maximum atomic E-state index is 9.96. The summed E-state index contributed by atoms with van der Waals surface area (Å²) in [5, 5.41) is 9.96. The van der Waals surface area contributed by atoms with Gasteiger partial charge >= 0.3 is 0 Å². The highest BCUT2D eigenvalue weighted by Gasteiger charge is 2.20. The largest absolute Gasteiger partial charge is 0.384 e. The molecule has 1 unspecified atom stereocenters. The third-order valence-electron chi connectivity index (χ3n) is 2.59. The van der Waals surface area contributed by atoms with Crippen LogP contribution < -0.4 is 5.73 Å². The van der Waals surface area contributed by atoms with E-state index in [9.17, 15) is 5.11 Å². The van der Waals surface area contributed by atoms with Gasteiger partial charge in [0.05, 0.1) is 0 Å². The second-order valence-corrected chi connectivity index (χ2v) is 3.63. The van der Waals surface area contributed by atoms with E-state index in [1.165, 1.54) is 12.8 Å². The predicted octanol–water partition coefficient (Wildman–Crippen LogP) is 0.751. The van der Waals surface area contributed by atoms with Crippen LogP contribution in [0, 0.1) is 0 Å². The van der Waals surface area contributed by atoms with E-state index in [0.29, 0.717) is 5.82 Å². The summed E-state index contributed by atoms with van der Waals surface area (Å²) in [7, 11) is 0. The van der Waals surface area contributed by atoms with Crippen LogP contribution in [0.25, 0.3) is 0 Å². The molecular weight excluding hydrogens is 178 g/mol. The molecule has 0 spiro atoms. The Kier molecular flexibility index (Phi) is 2.65. The Morgan fingerprint density at radius 2 is 2.07 bits per heavy atom. The molecule has 1 aliphatic rings. The molecule has 2 rings (SSSR count). The van der Waals surface area contributed by atoms with E-state index in [4.69, 9.17) is 5.73 Å². The Balaban J connectivity index is 2.09. The molecule has 0 bridgehead atoms. The number of aliphatic hydroxyl groups excluding tert-OH is 1. The van der Waals surface area contributed by atoms with Gasteiger partial charge in [0, 0.05) is 24.8 Å². The Labute approximate surface area is 83.4 Å². The summed E-state index contributed by atoms with van der Waals surface area (Å²) >= 11 is 0. The van der Waals surface area contributed by atoms with Gasteiger partial charge in [-0.25, -0.2) is 4.98 Å². The van der Waals surface area contributed by atoms with Crippen molar-refractivity contribution in [1.82, 2.24) is 9.88 Å². The van der Waals surface area contributed by atoms with Crippen LogP contribution >= 0.6 is 0 Å². The molecule has 0 aromatic carbocycles. The number of rotatable bonds is 2. The normalized spacial score (nSPS) is 19.8. The van der Waals surface area contributed by atoms with Gasteiger partial charge in [0.25, 0.3) is 0 Å². The van der Waals surface area contributed by atoms with Gasteiger partial charge in [0.15, 0.2) is 0 Å². The molecule has 76 valence electrons. The first kappa shape index (κ1) is 9.43. The van der Waals surface area contributed by atoms with Gasteiger partial charge in [0.2, 0.25) is 0 Å². The molecule has 1 fully saturated rings. The number of aliphatic hydroxyl groups is 1. The summed E-state index contributed by atoms with van der Waals surface area (Å²) in [5.74, 6) is 0.488. The van der Waals surface area contributed by atoms with Crippen LogP contribution in [-0.4, -0.2) is 28.1 Å². The molecule has 1 aromatic heterocycles. The number of aromatic nitrogens is 1. The molecular formula is C10H15N3O. The topological polar surface area (TPSA) is 62.4 Å². The van der Waals surface area contributed by atoms with Gasteiger partial charge in [-0.1, -0.05) is 0 Å². The lowest BCUT2D eigenvalue weighted by atomic mass is 10.2. The molecule has 1 aromatic rings. The lowest BCUT2D eigenvalue weighted by molar-refractivity contribution is 0.0188. The highest BCUT2D eigenvalue weighted by atomic mass is 16.3. The number of nitrogen functional groups attached to an aromatic ring is 1. The molecule has 0 aliphatic carbocycles. The van der Waals surface area contributed by atoms with E-state index < -0.39 is 6.23 Å². The number of nitrogens with zero attached hydrogens (tertiary/aromatic N) is 2. The summed E-state index contributed by atoms with van der Waals surface area (Å²) in [4.78, 5) is 6.01. The summed E-state index contributed by atoms with van der Waals surface area (Å²) in [6, 6.07) is 3.54. The van der Waals surface area contributed by atoms with Crippen molar-refractivity contribution in [2.75, 3.05) is 18.8 Å². The standard InChI is InChI=1S/C10H15N3O/c11-9-4-3-8(7-12-9)10(14)13-5-1-2-6-13/h3-4,7,10,14H,1-2,5-6H2,(H2,11,12). The van der Waals surface area contributed by atoms with E-state index in [-0.39, 0.29) is 0 Å². The van der Waals surface area contributed by atoms with E-state index in [1.54, 1.807) is 12.3 Å². The number of pyridine rings is 1. The van der Waals surface area contributed by atoms with Crippen LogP contribution in [0.5, 0.6) is 0 Å². The minimum Gasteiger partial charge on any atom is -0.384 e. The maximum absolute atomic E-state index is 9.96. The van der Waals surface area contributed by atoms with Crippen LogP contribution in [0.15, 0.2) is 18.3 Å². The number of anilines is 1. The van der Waals surface area contributed by atoms with Crippen molar-refractivity contribution in [3.05, 3.63) is 23.9 Å². The number of hydrogen-bond donors (Lipinski definition) is 2. The number of likely N-dealkylation sites (tertiary alicyclic amines) is 1. The van der Waals surface area contributed by atoms with Crippen molar-refractivity contribution >= 4 is 5.82 Å². The minimum absolute atomic E-state index is 0.488. The molecule has 0 amide bonds. The van der Waals surface area contributed by atoms with Crippen molar-refractivity contribution in [2.24, 2.45) is 0 Å². The monoisotopic (exact) mass is 193 g/mol. The quantitative estimate of drug-likeness (QED) is 0.727. The van der Waals surface area contributed by atoms with Crippen molar-refractivity contribution < 1.29 is 5.11 Å². The summed E-state index contributed by atoms with van der Waals surface area (Å²) < 4.78 is 0. The first-order chi connectivity index (χ1) is 6.77. The third kappa shape index (κ3) is 1.86. The lowest BCUT2D eigenvalue weighted by Crippen LogP contribution is -2.25. The van der Waals surface area contributed by atoms with Gasteiger partial charge in [-0.05, 0) is 25.0 Å². The fourth-order valence-corrected chi connectivity index (χ4v) is 1.77. The Bertz CT molecular complexity index is 293. The molecule has 4 heteroatoms. The van der Waals surface area contributed by atoms with Crippen LogP contribution in [0.4, 0.5) is 5.82 Å². The van der Waals surface area contributed by atoms with Crippen molar-refractivity contribution in [2.45, 2.75) is 19.1 Å². The zero-order valence-electron chi connectivity index (χ0n) is 8.06. The second kappa shape index (κ2) is 3.94. The number of hydrogen-bond acceptors (Lipinski definition) is 4. The van der Waals surface area contributed by atoms with Gasteiger partial charge in [-0.15, -0.1) is 0 Å². The van der Waals surface area contributed by atoms with E-state index in [0.717, 1.165) is 18.7 Å². The molecule has 1 atom stereocenters. The third-order valence-corrected chi connectivity index (χ3v) is 2.59. The molecule has 3 N–H and O–H groups in total. The average Bonchev–Trinajstić information content (AvgIpc) is 2.71. The first-order valence-corrected chi connectivity index (χ1v) is 4.91. The molecule has 1 aliphatic heterocycles. The van der Waals surface area contributed by atoms with Gasteiger partial charge in [-0.3, -0.25) is 4.90 Å². The fourth-order valence-electron chi connectivity index (χ4n) is 1.77. The summed E-state index contributed by atoms with van der Waals surface area (Å²) in [5.41, 5.74) is 6.29. The minimum atomic E-state index is -0.523. The smallest absolute Gasteiger partial charge is 0.135 e. The van der Waals surface area contributed by atoms with E-state index in [2.05, 4.69) is 4.98 Å². The number of nitrogens with two attached hydrogens (primary N) is 1. The molecule has 0 saturated carbocycles. The average molecular weight is 193 g/mol. The van der Waals surface area contributed by atoms with Gasteiger partial charge < -0.3 is 10.8 Å². The molecule has 14 heavy (non-hydrogen) atoms. The SMILES string of the molecule is Nc1ccc(C(O)N2CCCC2)cn1. The fraction of sp³-hybridized carbons (Fsp3) is 0.500. The van der Waals surface area contributed by atoms with Crippen LogP contribution in [0.2, 0.25) is 0 Å². The van der Waals surface area contributed by atoms with E-state index in [1.807, 2.05) is 11.0 Å². The van der Waals surface area contributed by atoms with Crippen molar-refractivity contribution in [3.8, 4) is 0 Å². The summed E-state index contributed by atoms with van der Waals surface area (Å²) in [6.45, 7) is 1.93. The second-order valence-electron chi connectivity index (χ2n) is 3.63. The van der Waals surface area contributed by atoms with Crippen LogP contribution in [0.1, 0.15) is 24.6 Å². The highest BCUT2D eigenvalue weighted by molar-refractivity contribution is 5.29.